The van der Waals surface area contributed by atoms with E-state index in [4.69, 9.17) is 34.8 Å². The fraction of sp³-hybridized carbons (Fsp3) is 0. The Balaban J connectivity index is 2.70. The second kappa shape index (κ2) is 4.96. The molecule has 0 aliphatic heterocycles. The SMILES string of the molecule is Fc1ccc(-c2nc(Cl)c(Cl)cc2Cl)c(F)c1F. The molecule has 7 heteroatoms. The lowest BCUT2D eigenvalue weighted by molar-refractivity contribution is 0.449. The van der Waals surface area contributed by atoms with Crippen LogP contribution in [0.4, 0.5) is 13.2 Å². The molecule has 94 valence electrons. The Kier molecular flexibility index (Phi) is 3.71. The van der Waals surface area contributed by atoms with E-state index in [1.165, 1.54) is 6.07 Å². The van der Waals surface area contributed by atoms with E-state index in [1.807, 2.05) is 0 Å². The van der Waals surface area contributed by atoms with Gasteiger partial charge in [-0.1, -0.05) is 34.8 Å². The molecule has 0 fully saturated rings. The van der Waals surface area contributed by atoms with Gasteiger partial charge in [0.2, 0.25) is 0 Å². The number of aromatic nitrogens is 1. The highest BCUT2D eigenvalue weighted by atomic mass is 35.5. The van der Waals surface area contributed by atoms with Gasteiger partial charge in [0, 0.05) is 5.56 Å². The molecular formula is C11H3Cl3F3N. The van der Waals surface area contributed by atoms with E-state index in [0.29, 0.717) is 0 Å². The monoisotopic (exact) mass is 311 g/mol. The summed E-state index contributed by atoms with van der Waals surface area (Å²) in [5, 5.41) is -0.0529. The molecule has 0 radical (unpaired) electrons. The molecule has 0 N–H and O–H groups in total. The van der Waals surface area contributed by atoms with Gasteiger partial charge in [-0.15, -0.1) is 0 Å². The van der Waals surface area contributed by atoms with Crippen molar-refractivity contribution in [2.45, 2.75) is 0 Å². The summed E-state index contributed by atoms with van der Waals surface area (Å²) in [4.78, 5) is 3.75. The lowest BCUT2D eigenvalue weighted by Gasteiger charge is -2.07. The van der Waals surface area contributed by atoms with Crippen molar-refractivity contribution in [3.05, 3.63) is 50.8 Å². The zero-order valence-electron chi connectivity index (χ0n) is 8.45. The van der Waals surface area contributed by atoms with Gasteiger partial charge in [-0.05, 0) is 18.2 Å². The number of pyridine rings is 1. The van der Waals surface area contributed by atoms with Crippen LogP contribution in [0, 0.1) is 17.5 Å². The van der Waals surface area contributed by atoms with E-state index in [9.17, 15) is 13.2 Å². The molecule has 2 rings (SSSR count). The zero-order chi connectivity index (χ0) is 13.4. The van der Waals surface area contributed by atoms with Gasteiger partial charge in [-0.3, -0.25) is 0 Å². The fourth-order valence-corrected chi connectivity index (χ4v) is 1.94. The third kappa shape index (κ3) is 2.28. The van der Waals surface area contributed by atoms with Crippen LogP contribution < -0.4 is 0 Å². The number of nitrogens with zero attached hydrogens (tertiary/aromatic N) is 1. The summed E-state index contributed by atoms with van der Waals surface area (Å²) in [7, 11) is 0. The predicted octanol–water partition coefficient (Wildman–Crippen LogP) is 5.13. The minimum atomic E-state index is -1.60. The molecule has 0 aliphatic carbocycles. The summed E-state index contributed by atoms with van der Waals surface area (Å²) in [6.45, 7) is 0. The van der Waals surface area contributed by atoms with Crippen molar-refractivity contribution in [2.24, 2.45) is 0 Å². The van der Waals surface area contributed by atoms with Gasteiger partial charge in [0.15, 0.2) is 17.5 Å². The molecule has 1 heterocycles. The van der Waals surface area contributed by atoms with E-state index in [1.54, 1.807) is 0 Å². The normalized spacial score (nSPS) is 10.8. The van der Waals surface area contributed by atoms with Gasteiger partial charge in [0.1, 0.15) is 5.15 Å². The average molecular weight is 313 g/mol. The summed E-state index contributed by atoms with van der Waals surface area (Å²) in [6, 6.07) is 3.04. The van der Waals surface area contributed by atoms with E-state index < -0.39 is 17.5 Å². The Morgan fingerprint density at radius 3 is 2.22 bits per heavy atom. The number of halogens is 6. The van der Waals surface area contributed by atoms with Gasteiger partial charge in [0.05, 0.1) is 15.7 Å². The molecule has 0 amide bonds. The Hall–Kier alpha value is -0.970. The average Bonchev–Trinajstić information content (AvgIpc) is 2.32. The van der Waals surface area contributed by atoms with Gasteiger partial charge in [-0.2, -0.15) is 0 Å². The second-order valence-electron chi connectivity index (χ2n) is 3.31. The first-order valence-corrected chi connectivity index (χ1v) is 5.70. The van der Waals surface area contributed by atoms with Crippen LogP contribution >= 0.6 is 34.8 Å². The Labute approximate surface area is 115 Å². The Bertz CT molecular complexity index is 631. The first-order chi connectivity index (χ1) is 8.41. The summed E-state index contributed by atoms with van der Waals surface area (Å²) in [6.07, 6.45) is 0. The summed E-state index contributed by atoms with van der Waals surface area (Å²) < 4.78 is 39.5. The minimum absolute atomic E-state index is 0.0192. The molecule has 0 aliphatic rings. The number of rotatable bonds is 1. The largest absolute Gasteiger partial charge is 0.233 e. The number of hydrogen-bond donors (Lipinski definition) is 0. The van der Waals surface area contributed by atoms with Crippen molar-refractivity contribution in [3.63, 3.8) is 0 Å². The highest BCUT2D eigenvalue weighted by molar-refractivity contribution is 6.42. The minimum Gasteiger partial charge on any atom is -0.233 e. The third-order valence-electron chi connectivity index (χ3n) is 2.18. The fourth-order valence-electron chi connectivity index (χ4n) is 1.34. The van der Waals surface area contributed by atoms with E-state index in [0.717, 1.165) is 12.1 Å². The van der Waals surface area contributed by atoms with E-state index in [2.05, 4.69) is 4.98 Å². The molecule has 1 nitrogen and oxygen atoms in total. The Morgan fingerprint density at radius 2 is 1.56 bits per heavy atom. The molecule has 18 heavy (non-hydrogen) atoms. The van der Waals surface area contributed by atoms with Crippen molar-refractivity contribution >= 4 is 34.8 Å². The van der Waals surface area contributed by atoms with E-state index in [-0.39, 0.29) is 26.5 Å². The molecule has 0 unspecified atom stereocenters. The molecule has 0 saturated carbocycles. The summed E-state index contributed by atoms with van der Waals surface area (Å²) >= 11 is 17.1. The molecule has 2 aromatic rings. The molecule has 0 spiro atoms. The molecular weight excluding hydrogens is 309 g/mol. The second-order valence-corrected chi connectivity index (χ2v) is 4.49. The van der Waals surface area contributed by atoms with Crippen molar-refractivity contribution < 1.29 is 13.2 Å². The van der Waals surface area contributed by atoms with Crippen LogP contribution in [0.3, 0.4) is 0 Å². The van der Waals surface area contributed by atoms with Crippen LogP contribution in [0.15, 0.2) is 18.2 Å². The quantitative estimate of drug-likeness (QED) is 0.526. The standard InChI is InChI=1S/C11H3Cl3F3N/c12-5-3-6(13)11(14)18-10(5)4-1-2-7(15)9(17)8(4)16/h1-3H. The molecule has 0 bridgehead atoms. The zero-order valence-corrected chi connectivity index (χ0v) is 10.7. The predicted molar refractivity (Wildman–Crippen MR) is 64.6 cm³/mol. The molecule has 0 saturated heterocycles. The number of hydrogen-bond acceptors (Lipinski definition) is 1. The lowest BCUT2D eigenvalue weighted by Crippen LogP contribution is -1.96. The Morgan fingerprint density at radius 1 is 0.889 bits per heavy atom. The van der Waals surface area contributed by atoms with Gasteiger partial charge < -0.3 is 0 Å². The van der Waals surface area contributed by atoms with Crippen LogP contribution in [0.5, 0.6) is 0 Å². The van der Waals surface area contributed by atoms with Crippen molar-refractivity contribution in [3.8, 4) is 11.3 Å². The smallest absolute Gasteiger partial charge is 0.195 e. The topological polar surface area (TPSA) is 12.9 Å². The van der Waals surface area contributed by atoms with Crippen LogP contribution in [-0.2, 0) is 0 Å². The summed E-state index contributed by atoms with van der Waals surface area (Å²) in [5.74, 6) is -4.29. The van der Waals surface area contributed by atoms with Crippen LogP contribution in [0.1, 0.15) is 0 Å². The van der Waals surface area contributed by atoms with Gasteiger partial charge >= 0.3 is 0 Å². The van der Waals surface area contributed by atoms with Crippen molar-refractivity contribution in [1.29, 1.82) is 0 Å². The highest BCUT2D eigenvalue weighted by Gasteiger charge is 2.18. The first-order valence-electron chi connectivity index (χ1n) is 4.57. The van der Waals surface area contributed by atoms with Gasteiger partial charge in [0.25, 0.3) is 0 Å². The van der Waals surface area contributed by atoms with E-state index >= 15 is 0 Å². The molecule has 1 aromatic heterocycles. The summed E-state index contributed by atoms with van der Waals surface area (Å²) in [5.41, 5.74) is -0.403. The van der Waals surface area contributed by atoms with Crippen molar-refractivity contribution in [1.82, 2.24) is 4.98 Å². The van der Waals surface area contributed by atoms with Crippen LogP contribution in [0.2, 0.25) is 15.2 Å². The van der Waals surface area contributed by atoms with Crippen LogP contribution in [-0.4, -0.2) is 4.98 Å². The molecule has 0 atom stereocenters. The maximum absolute atomic E-state index is 13.6. The first kappa shape index (κ1) is 13.5. The maximum atomic E-state index is 13.6. The molecule has 1 aromatic carbocycles. The third-order valence-corrected chi connectivity index (χ3v) is 3.14. The highest BCUT2D eigenvalue weighted by Crippen LogP contribution is 2.34. The van der Waals surface area contributed by atoms with Crippen molar-refractivity contribution in [2.75, 3.05) is 0 Å². The van der Waals surface area contributed by atoms with Gasteiger partial charge in [-0.25, -0.2) is 18.2 Å². The lowest BCUT2D eigenvalue weighted by atomic mass is 10.1. The number of benzene rings is 1. The maximum Gasteiger partial charge on any atom is 0.195 e. The van der Waals surface area contributed by atoms with Crippen LogP contribution in [0.25, 0.3) is 11.3 Å².